The Kier molecular flexibility index (Phi) is 5.09. The van der Waals surface area contributed by atoms with Crippen LogP contribution in [-0.2, 0) is 6.42 Å². The number of rotatable bonds is 6. The molecule has 0 unspecified atom stereocenters. The van der Waals surface area contributed by atoms with Crippen molar-refractivity contribution < 1.29 is 4.52 Å². The predicted octanol–water partition coefficient (Wildman–Crippen LogP) is 2.95. The standard InChI is InChI=1S/C14H19ClN4O/c1-9(2)5-10(7-16)6-13-18-14(19-20-13)12-4-3-11(15)8-17-12/h3-4,8-10H,5-7,16H2,1-2H3/t10-/m0/s1. The van der Waals surface area contributed by atoms with Crippen LogP contribution in [-0.4, -0.2) is 21.7 Å². The summed E-state index contributed by atoms with van der Waals surface area (Å²) in [6.07, 6.45) is 3.32. The molecule has 2 aromatic rings. The van der Waals surface area contributed by atoms with Gasteiger partial charge in [-0.3, -0.25) is 4.98 Å². The van der Waals surface area contributed by atoms with Crippen LogP contribution in [0.15, 0.2) is 22.9 Å². The van der Waals surface area contributed by atoms with Gasteiger partial charge in [0.2, 0.25) is 11.7 Å². The van der Waals surface area contributed by atoms with Gasteiger partial charge in [0.1, 0.15) is 5.69 Å². The molecule has 2 aromatic heterocycles. The maximum atomic E-state index is 5.80. The molecule has 0 amide bonds. The predicted molar refractivity (Wildman–Crippen MR) is 78.2 cm³/mol. The van der Waals surface area contributed by atoms with Crippen molar-refractivity contribution in [2.24, 2.45) is 17.6 Å². The average Bonchev–Trinajstić information content (AvgIpc) is 2.87. The maximum Gasteiger partial charge on any atom is 0.227 e. The van der Waals surface area contributed by atoms with Gasteiger partial charge in [-0.1, -0.05) is 30.6 Å². The average molecular weight is 295 g/mol. The second kappa shape index (κ2) is 6.81. The quantitative estimate of drug-likeness (QED) is 0.886. The molecule has 2 heterocycles. The van der Waals surface area contributed by atoms with Crippen LogP contribution < -0.4 is 5.73 Å². The molecule has 0 aliphatic carbocycles. The van der Waals surface area contributed by atoms with Gasteiger partial charge in [0.25, 0.3) is 0 Å². The van der Waals surface area contributed by atoms with E-state index in [9.17, 15) is 0 Å². The first-order chi connectivity index (χ1) is 9.58. The van der Waals surface area contributed by atoms with E-state index in [1.165, 1.54) is 0 Å². The van der Waals surface area contributed by atoms with Crippen LogP contribution >= 0.6 is 11.6 Å². The molecule has 0 bridgehead atoms. The van der Waals surface area contributed by atoms with Crippen molar-refractivity contribution in [1.29, 1.82) is 0 Å². The molecular formula is C14H19ClN4O. The molecule has 0 aliphatic heterocycles. The Bertz CT molecular complexity index is 538. The normalized spacial score (nSPS) is 12.8. The van der Waals surface area contributed by atoms with Crippen LogP contribution in [0.4, 0.5) is 0 Å². The molecule has 5 nitrogen and oxygen atoms in total. The molecule has 0 spiro atoms. The van der Waals surface area contributed by atoms with Crippen LogP contribution in [0.25, 0.3) is 11.5 Å². The fourth-order valence-corrected chi connectivity index (χ4v) is 2.24. The molecule has 2 N–H and O–H groups in total. The molecule has 2 rings (SSSR count). The number of nitrogens with zero attached hydrogens (tertiary/aromatic N) is 3. The van der Waals surface area contributed by atoms with Crippen molar-refractivity contribution in [3.8, 4) is 11.5 Å². The smallest absolute Gasteiger partial charge is 0.227 e. The third-order valence-electron chi connectivity index (χ3n) is 3.03. The van der Waals surface area contributed by atoms with E-state index < -0.39 is 0 Å². The Morgan fingerprint density at radius 1 is 1.35 bits per heavy atom. The van der Waals surface area contributed by atoms with E-state index in [2.05, 4.69) is 29.0 Å². The van der Waals surface area contributed by atoms with Gasteiger partial charge in [-0.15, -0.1) is 0 Å². The van der Waals surface area contributed by atoms with Crippen LogP contribution in [0.3, 0.4) is 0 Å². The Labute approximate surface area is 123 Å². The van der Waals surface area contributed by atoms with E-state index in [1.54, 1.807) is 18.3 Å². The summed E-state index contributed by atoms with van der Waals surface area (Å²) in [4.78, 5) is 8.53. The molecule has 0 saturated heterocycles. The van der Waals surface area contributed by atoms with Crippen molar-refractivity contribution in [3.63, 3.8) is 0 Å². The van der Waals surface area contributed by atoms with Crippen LogP contribution in [0, 0.1) is 11.8 Å². The third-order valence-corrected chi connectivity index (χ3v) is 3.25. The van der Waals surface area contributed by atoms with Crippen molar-refractivity contribution >= 4 is 11.6 Å². The van der Waals surface area contributed by atoms with Gasteiger partial charge in [-0.2, -0.15) is 4.98 Å². The summed E-state index contributed by atoms with van der Waals surface area (Å²) in [5.74, 6) is 2.05. The van der Waals surface area contributed by atoms with Crippen molar-refractivity contribution in [1.82, 2.24) is 15.1 Å². The Balaban J connectivity index is 2.06. The first-order valence-electron chi connectivity index (χ1n) is 6.73. The molecule has 1 atom stereocenters. The summed E-state index contributed by atoms with van der Waals surface area (Å²) < 4.78 is 5.27. The highest BCUT2D eigenvalue weighted by atomic mass is 35.5. The van der Waals surface area contributed by atoms with Crippen molar-refractivity contribution in [3.05, 3.63) is 29.2 Å². The number of hydrogen-bond acceptors (Lipinski definition) is 5. The molecule has 0 saturated carbocycles. The summed E-state index contributed by atoms with van der Waals surface area (Å²) in [7, 11) is 0. The molecule has 0 aromatic carbocycles. The zero-order valence-corrected chi connectivity index (χ0v) is 12.5. The first kappa shape index (κ1) is 14.9. The molecule has 6 heteroatoms. The Morgan fingerprint density at radius 3 is 2.75 bits per heavy atom. The highest BCUT2D eigenvalue weighted by Gasteiger charge is 2.16. The molecule has 108 valence electrons. The second-order valence-corrected chi connectivity index (χ2v) is 5.75. The van der Waals surface area contributed by atoms with Crippen LogP contribution in [0.5, 0.6) is 0 Å². The van der Waals surface area contributed by atoms with Gasteiger partial charge < -0.3 is 10.3 Å². The van der Waals surface area contributed by atoms with Gasteiger partial charge >= 0.3 is 0 Å². The lowest BCUT2D eigenvalue weighted by Crippen LogP contribution is -2.19. The lowest BCUT2D eigenvalue weighted by atomic mass is 9.94. The zero-order valence-electron chi connectivity index (χ0n) is 11.7. The summed E-state index contributed by atoms with van der Waals surface area (Å²) >= 11 is 5.80. The summed E-state index contributed by atoms with van der Waals surface area (Å²) in [5.41, 5.74) is 6.44. The van der Waals surface area contributed by atoms with Crippen LogP contribution in [0.1, 0.15) is 26.2 Å². The highest BCUT2D eigenvalue weighted by Crippen LogP contribution is 2.19. The number of nitrogens with two attached hydrogens (primary N) is 1. The fraction of sp³-hybridized carbons (Fsp3) is 0.500. The minimum atomic E-state index is 0.362. The zero-order chi connectivity index (χ0) is 14.5. The Hall–Kier alpha value is -1.46. The first-order valence-corrected chi connectivity index (χ1v) is 7.11. The largest absolute Gasteiger partial charge is 0.339 e. The van der Waals surface area contributed by atoms with Crippen LogP contribution in [0.2, 0.25) is 5.02 Å². The minimum Gasteiger partial charge on any atom is -0.339 e. The van der Waals surface area contributed by atoms with Gasteiger partial charge in [0.05, 0.1) is 5.02 Å². The molecule has 0 radical (unpaired) electrons. The number of aromatic nitrogens is 3. The van der Waals surface area contributed by atoms with E-state index in [1.807, 2.05) is 0 Å². The van der Waals surface area contributed by atoms with E-state index >= 15 is 0 Å². The maximum absolute atomic E-state index is 5.80. The van der Waals surface area contributed by atoms with Crippen molar-refractivity contribution in [2.45, 2.75) is 26.7 Å². The minimum absolute atomic E-state index is 0.362. The van der Waals surface area contributed by atoms with Gasteiger partial charge in [-0.25, -0.2) is 0 Å². The van der Waals surface area contributed by atoms with E-state index in [0.29, 0.717) is 47.2 Å². The molecule has 0 aliphatic rings. The molecule has 20 heavy (non-hydrogen) atoms. The number of pyridine rings is 1. The molecular weight excluding hydrogens is 276 g/mol. The van der Waals surface area contributed by atoms with Gasteiger partial charge in [0.15, 0.2) is 0 Å². The summed E-state index contributed by atoms with van der Waals surface area (Å²) in [6, 6.07) is 3.52. The second-order valence-electron chi connectivity index (χ2n) is 5.31. The summed E-state index contributed by atoms with van der Waals surface area (Å²) in [5, 5.41) is 4.53. The van der Waals surface area contributed by atoms with E-state index in [-0.39, 0.29) is 0 Å². The SMILES string of the molecule is CC(C)C[C@H](CN)Cc1nc(-c2ccc(Cl)cn2)no1. The number of halogens is 1. The summed E-state index contributed by atoms with van der Waals surface area (Å²) in [6.45, 7) is 4.98. The van der Waals surface area contributed by atoms with Gasteiger partial charge in [-0.05, 0) is 36.9 Å². The van der Waals surface area contributed by atoms with E-state index in [0.717, 1.165) is 6.42 Å². The highest BCUT2D eigenvalue weighted by molar-refractivity contribution is 6.30. The van der Waals surface area contributed by atoms with E-state index in [4.69, 9.17) is 21.9 Å². The molecule has 0 fully saturated rings. The lowest BCUT2D eigenvalue weighted by Gasteiger charge is -2.14. The van der Waals surface area contributed by atoms with Crippen molar-refractivity contribution in [2.75, 3.05) is 6.54 Å². The van der Waals surface area contributed by atoms with Gasteiger partial charge in [0, 0.05) is 12.6 Å². The third kappa shape index (κ3) is 4.02. The lowest BCUT2D eigenvalue weighted by molar-refractivity contribution is 0.332. The topological polar surface area (TPSA) is 77.8 Å². The fourth-order valence-electron chi connectivity index (χ4n) is 2.13. The Morgan fingerprint density at radius 2 is 2.15 bits per heavy atom. The monoisotopic (exact) mass is 294 g/mol. The number of hydrogen-bond donors (Lipinski definition) is 1.